The van der Waals surface area contributed by atoms with E-state index in [0.29, 0.717) is 16.8 Å². The summed E-state index contributed by atoms with van der Waals surface area (Å²) in [4.78, 5) is 22.5. The minimum atomic E-state index is -0.583. The van der Waals surface area contributed by atoms with Crippen LogP contribution in [0.15, 0.2) is 28.9 Å². The highest BCUT2D eigenvalue weighted by molar-refractivity contribution is 9.10. The Kier molecular flexibility index (Phi) is 4.53. The largest absolute Gasteiger partial charge is 0.494 e. The maximum atomic E-state index is 12.0. The fourth-order valence-electron chi connectivity index (χ4n) is 1.64. The second-order valence-electron chi connectivity index (χ2n) is 3.92. The molecule has 0 aliphatic rings. The molecule has 2 rings (SSSR count). The van der Waals surface area contributed by atoms with E-state index in [-0.39, 0.29) is 17.1 Å². The molecule has 0 saturated carbocycles. The molecule has 0 saturated heterocycles. The number of anilines is 1. The second-order valence-corrected chi connectivity index (χ2v) is 4.77. The third-order valence-electron chi connectivity index (χ3n) is 2.55. The lowest BCUT2D eigenvalue weighted by Crippen LogP contribution is -2.14. The van der Waals surface area contributed by atoms with Crippen molar-refractivity contribution in [2.75, 3.05) is 11.9 Å². The fraction of sp³-hybridized carbons (Fsp3) is 0.167. The maximum Gasteiger partial charge on any atom is 0.296 e. The SMILES string of the molecule is CCOc1ccc(NC(=O)c2[nH]ncc2Br)c([N+](=O)[O-])c1. The van der Waals surface area contributed by atoms with Crippen LogP contribution in [0.2, 0.25) is 0 Å². The summed E-state index contributed by atoms with van der Waals surface area (Å²) < 4.78 is 5.67. The highest BCUT2D eigenvalue weighted by atomic mass is 79.9. The molecule has 110 valence electrons. The predicted octanol–water partition coefficient (Wildman–Crippen LogP) is 2.73. The standard InChI is InChI=1S/C12H11BrN4O4/c1-2-21-7-3-4-9(10(5-7)17(19)20)15-12(18)11-8(13)6-14-16-11/h3-6H,2H2,1H3,(H,14,16)(H,15,18). The number of nitrogens with zero attached hydrogens (tertiary/aromatic N) is 2. The van der Waals surface area contributed by atoms with Gasteiger partial charge in [0.25, 0.3) is 11.6 Å². The zero-order chi connectivity index (χ0) is 15.4. The molecule has 0 radical (unpaired) electrons. The van der Waals surface area contributed by atoms with Crippen LogP contribution in [0.1, 0.15) is 17.4 Å². The van der Waals surface area contributed by atoms with Crippen LogP contribution in [0.25, 0.3) is 0 Å². The van der Waals surface area contributed by atoms with Gasteiger partial charge < -0.3 is 10.1 Å². The van der Waals surface area contributed by atoms with Crippen molar-refractivity contribution in [3.63, 3.8) is 0 Å². The van der Waals surface area contributed by atoms with Gasteiger partial charge in [-0.15, -0.1) is 0 Å². The number of H-pyrrole nitrogens is 1. The van der Waals surface area contributed by atoms with E-state index < -0.39 is 10.8 Å². The van der Waals surface area contributed by atoms with Gasteiger partial charge in [0.05, 0.1) is 28.3 Å². The van der Waals surface area contributed by atoms with Crippen LogP contribution in [0.5, 0.6) is 5.75 Å². The van der Waals surface area contributed by atoms with Gasteiger partial charge >= 0.3 is 0 Å². The number of benzene rings is 1. The molecule has 2 N–H and O–H groups in total. The summed E-state index contributed by atoms with van der Waals surface area (Å²) in [6, 6.07) is 4.24. The molecule has 0 spiro atoms. The fourth-order valence-corrected chi connectivity index (χ4v) is 2.01. The van der Waals surface area contributed by atoms with Gasteiger partial charge in [-0.1, -0.05) is 0 Å². The molecule has 0 aliphatic carbocycles. The van der Waals surface area contributed by atoms with Crippen molar-refractivity contribution in [3.05, 3.63) is 44.7 Å². The first-order valence-corrected chi connectivity index (χ1v) is 6.73. The number of hydrogen-bond acceptors (Lipinski definition) is 5. The number of nitrogens with one attached hydrogen (secondary N) is 2. The molecule has 21 heavy (non-hydrogen) atoms. The van der Waals surface area contributed by atoms with Gasteiger partial charge in [-0.3, -0.25) is 20.0 Å². The first-order valence-electron chi connectivity index (χ1n) is 5.94. The normalized spacial score (nSPS) is 10.2. The number of carbonyl (C=O) groups is 1. The highest BCUT2D eigenvalue weighted by Gasteiger charge is 2.19. The number of aromatic nitrogens is 2. The van der Waals surface area contributed by atoms with Crippen LogP contribution in [-0.2, 0) is 0 Å². The first-order chi connectivity index (χ1) is 10.0. The van der Waals surface area contributed by atoms with E-state index in [1.165, 1.54) is 18.3 Å². The zero-order valence-corrected chi connectivity index (χ0v) is 12.5. The topological polar surface area (TPSA) is 110 Å². The van der Waals surface area contributed by atoms with Gasteiger partial charge in [0.1, 0.15) is 17.1 Å². The molecule has 0 aliphatic heterocycles. The van der Waals surface area contributed by atoms with Crippen molar-refractivity contribution in [1.82, 2.24) is 10.2 Å². The van der Waals surface area contributed by atoms with E-state index in [1.54, 1.807) is 13.0 Å². The lowest BCUT2D eigenvalue weighted by Gasteiger charge is -2.07. The summed E-state index contributed by atoms with van der Waals surface area (Å²) in [5.41, 5.74) is 0.0121. The summed E-state index contributed by atoms with van der Waals surface area (Å²) in [7, 11) is 0. The Hall–Kier alpha value is -2.42. The summed E-state index contributed by atoms with van der Waals surface area (Å²) in [6.07, 6.45) is 1.42. The molecule has 0 atom stereocenters. The van der Waals surface area contributed by atoms with Gasteiger partial charge in [0, 0.05) is 0 Å². The van der Waals surface area contributed by atoms with Crippen LogP contribution >= 0.6 is 15.9 Å². The predicted molar refractivity (Wildman–Crippen MR) is 78.5 cm³/mol. The Balaban J connectivity index is 2.29. The third-order valence-corrected chi connectivity index (χ3v) is 3.15. The van der Waals surface area contributed by atoms with Crippen LogP contribution in [-0.4, -0.2) is 27.6 Å². The number of nitro benzene ring substituents is 1. The van der Waals surface area contributed by atoms with Gasteiger partial charge in [-0.2, -0.15) is 5.10 Å². The summed E-state index contributed by atoms with van der Waals surface area (Å²) >= 11 is 3.15. The number of rotatable bonds is 5. The molecule has 8 nitrogen and oxygen atoms in total. The van der Waals surface area contributed by atoms with E-state index in [4.69, 9.17) is 4.74 Å². The van der Waals surface area contributed by atoms with Gasteiger partial charge in [0.2, 0.25) is 0 Å². The molecular formula is C12H11BrN4O4. The Bertz CT molecular complexity index is 686. The smallest absolute Gasteiger partial charge is 0.296 e. The monoisotopic (exact) mass is 354 g/mol. The number of hydrogen-bond donors (Lipinski definition) is 2. The van der Waals surface area contributed by atoms with Gasteiger partial charge in [0.15, 0.2) is 0 Å². The maximum absolute atomic E-state index is 12.0. The van der Waals surface area contributed by atoms with Crippen molar-refractivity contribution < 1.29 is 14.5 Å². The van der Waals surface area contributed by atoms with Gasteiger partial charge in [-0.25, -0.2) is 0 Å². The number of halogens is 1. The highest BCUT2D eigenvalue weighted by Crippen LogP contribution is 2.29. The minimum absolute atomic E-state index is 0.0787. The number of aromatic amines is 1. The molecule has 0 fully saturated rings. The van der Waals surface area contributed by atoms with E-state index in [2.05, 4.69) is 31.4 Å². The van der Waals surface area contributed by atoms with Crippen molar-refractivity contribution in [3.8, 4) is 5.75 Å². The molecule has 1 aromatic heterocycles. The van der Waals surface area contributed by atoms with Crippen LogP contribution < -0.4 is 10.1 Å². The van der Waals surface area contributed by atoms with E-state index in [1.807, 2.05) is 0 Å². The molecule has 2 aromatic rings. The Morgan fingerprint density at radius 1 is 1.57 bits per heavy atom. The molecule has 0 bridgehead atoms. The molecule has 1 heterocycles. The number of ether oxygens (including phenoxy) is 1. The molecular weight excluding hydrogens is 344 g/mol. The molecule has 9 heteroatoms. The van der Waals surface area contributed by atoms with Gasteiger partial charge in [-0.05, 0) is 35.0 Å². The summed E-state index contributed by atoms with van der Waals surface area (Å²) in [5.74, 6) is -0.170. The summed E-state index contributed by atoms with van der Waals surface area (Å²) in [6.45, 7) is 2.17. The second kappa shape index (κ2) is 6.35. The van der Waals surface area contributed by atoms with E-state index in [0.717, 1.165) is 0 Å². The quantitative estimate of drug-likeness (QED) is 0.633. The summed E-state index contributed by atoms with van der Waals surface area (Å²) in [5, 5.41) is 19.7. The zero-order valence-electron chi connectivity index (χ0n) is 10.9. The third kappa shape index (κ3) is 3.37. The molecule has 1 amide bonds. The molecule has 1 aromatic carbocycles. The van der Waals surface area contributed by atoms with Crippen LogP contribution in [0.3, 0.4) is 0 Å². The van der Waals surface area contributed by atoms with Crippen LogP contribution in [0, 0.1) is 10.1 Å². The van der Waals surface area contributed by atoms with E-state index >= 15 is 0 Å². The number of nitro groups is 1. The number of carbonyl (C=O) groups excluding carboxylic acids is 1. The van der Waals surface area contributed by atoms with Crippen molar-refractivity contribution in [2.24, 2.45) is 0 Å². The van der Waals surface area contributed by atoms with Crippen molar-refractivity contribution in [2.45, 2.75) is 6.92 Å². The average molecular weight is 355 g/mol. The Morgan fingerprint density at radius 2 is 2.33 bits per heavy atom. The molecule has 0 unspecified atom stereocenters. The minimum Gasteiger partial charge on any atom is -0.494 e. The Morgan fingerprint density at radius 3 is 2.90 bits per heavy atom. The van der Waals surface area contributed by atoms with E-state index in [9.17, 15) is 14.9 Å². The van der Waals surface area contributed by atoms with Crippen molar-refractivity contribution >= 4 is 33.2 Å². The Labute approximate surface area is 127 Å². The number of amides is 1. The lowest BCUT2D eigenvalue weighted by molar-refractivity contribution is -0.384. The average Bonchev–Trinajstić information content (AvgIpc) is 2.87. The lowest BCUT2D eigenvalue weighted by atomic mass is 10.2. The van der Waals surface area contributed by atoms with Crippen LogP contribution in [0.4, 0.5) is 11.4 Å². The van der Waals surface area contributed by atoms with Crippen molar-refractivity contribution in [1.29, 1.82) is 0 Å². The first kappa shape index (κ1) is 15.0.